The van der Waals surface area contributed by atoms with E-state index in [-0.39, 0.29) is 0 Å². The number of nitrogens with one attached hydrogen (secondary N) is 1. The Hall–Kier alpha value is -0.580. The second-order valence-electron chi connectivity index (χ2n) is 6.32. The fraction of sp³-hybridized carbons (Fsp3) is 0.647. The van der Waals surface area contributed by atoms with Crippen molar-refractivity contribution in [3.05, 3.63) is 28.2 Å². The maximum Gasteiger partial charge on any atom is 0.0637 e. The molecule has 0 spiro atoms. The molecule has 1 aromatic carbocycles. The molecule has 3 nitrogen and oxygen atoms in total. The summed E-state index contributed by atoms with van der Waals surface area (Å²) in [4.78, 5) is 2.43. The van der Waals surface area contributed by atoms with E-state index in [0.29, 0.717) is 6.04 Å². The lowest BCUT2D eigenvalue weighted by Crippen LogP contribution is -2.30. The van der Waals surface area contributed by atoms with Gasteiger partial charge in [-0.25, -0.2) is 0 Å². The van der Waals surface area contributed by atoms with Crippen molar-refractivity contribution < 1.29 is 5.11 Å². The van der Waals surface area contributed by atoms with Crippen LogP contribution in [0.25, 0.3) is 0 Å². The lowest BCUT2D eigenvalue weighted by Gasteiger charge is -2.29. The molecule has 0 bridgehead atoms. The molecule has 118 valence electrons. The SMILES string of the molecule is CCNC(C)c1ccc(Br)cc1N1CCCC(C)(O)CC1. The van der Waals surface area contributed by atoms with E-state index in [4.69, 9.17) is 0 Å². The Morgan fingerprint density at radius 2 is 2.14 bits per heavy atom. The van der Waals surface area contributed by atoms with Crippen molar-refractivity contribution in [1.82, 2.24) is 5.32 Å². The highest BCUT2D eigenvalue weighted by atomic mass is 79.9. The molecule has 0 amide bonds. The predicted octanol–water partition coefficient (Wildman–Crippen LogP) is 3.86. The van der Waals surface area contributed by atoms with Crippen LogP contribution in [0.2, 0.25) is 0 Å². The number of nitrogens with zero attached hydrogens (tertiary/aromatic N) is 1. The second-order valence-corrected chi connectivity index (χ2v) is 7.24. The number of hydrogen-bond acceptors (Lipinski definition) is 3. The second kappa shape index (κ2) is 7.12. The summed E-state index contributed by atoms with van der Waals surface area (Å²) in [7, 11) is 0. The van der Waals surface area contributed by atoms with Crippen molar-refractivity contribution in [2.75, 3.05) is 24.5 Å². The molecule has 0 radical (unpaired) electrons. The van der Waals surface area contributed by atoms with Gasteiger partial charge in [-0.3, -0.25) is 0 Å². The highest BCUT2D eigenvalue weighted by Gasteiger charge is 2.26. The summed E-state index contributed by atoms with van der Waals surface area (Å²) in [5.74, 6) is 0. The standard InChI is InChI=1S/C17H27BrN2O/c1-4-19-13(2)15-7-6-14(18)12-16(15)20-10-5-8-17(3,21)9-11-20/h6-7,12-13,19,21H,4-5,8-11H2,1-3H3. The van der Waals surface area contributed by atoms with Gasteiger partial charge in [-0.2, -0.15) is 0 Å². The van der Waals surface area contributed by atoms with Crippen LogP contribution in [0.1, 0.15) is 51.6 Å². The van der Waals surface area contributed by atoms with Gasteiger partial charge in [0.25, 0.3) is 0 Å². The van der Waals surface area contributed by atoms with Crippen molar-refractivity contribution in [3.63, 3.8) is 0 Å². The zero-order valence-corrected chi connectivity index (χ0v) is 14.9. The van der Waals surface area contributed by atoms with Gasteiger partial charge in [0.1, 0.15) is 0 Å². The summed E-state index contributed by atoms with van der Waals surface area (Å²) in [6, 6.07) is 6.86. The molecule has 1 aliphatic rings. The van der Waals surface area contributed by atoms with Crippen LogP contribution in [-0.4, -0.2) is 30.3 Å². The largest absolute Gasteiger partial charge is 0.390 e. The van der Waals surface area contributed by atoms with Gasteiger partial charge < -0.3 is 15.3 Å². The van der Waals surface area contributed by atoms with Crippen molar-refractivity contribution >= 4 is 21.6 Å². The zero-order chi connectivity index (χ0) is 15.5. The minimum Gasteiger partial charge on any atom is -0.390 e. The Morgan fingerprint density at radius 3 is 2.86 bits per heavy atom. The highest BCUT2D eigenvalue weighted by molar-refractivity contribution is 9.10. The summed E-state index contributed by atoms with van der Waals surface area (Å²) in [6.45, 7) is 9.20. The van der Waals surface area contributed by atoms with Gasteiger partial charge in [0.05, 0.1) is 5.60 Å². The van der Waals surface area contributed by atoms with Crippen LogP contribution >= 0.6 is 15.9 Å². The third-order valence-electron chi connectivity index (χ3n) is 4.37. The Morgan fingerprint density at radius 1 is 1.38 bits per heavy atom. The van der Waals surface area contributed by atoms with Crippen LogP contribution in [0.4, 0.5) is 5.69 Å². The molecular weight excluding hydrogens is 328 g/mol. The van der Waals surface area contributed by atoms with Crippen molar-refractivity contribution in [2.45, 2.75) is 51.7 Å². The molecule has 21 heavy (non-hydrogen) atoms. The maximum atomic E-state index is 10.3. The highest BCUT2D eigenvalue weighted by Crippen LogP contribution is 2.32. The first-order valence-corrected chi connectivity index (χ1v) is 8.72. The molecule has 1 fully saturated rings. The first-order chi connectivity index (χ1) is 9.93. The van der Waals surface area contributed by atoms with Gasteiger partial charge in [0.15, 0.2) is 0 Å². The molecular formula is C17H27BrN2O. The van der Waals surface area contributed by atoms with Gasteiger partial charge in [0.2, 0.25) is 0 Å². The van der Waals surface area contributed by atoms with Crippen molar-refractivity contribution in [1.29, 1.82) is 0 Å². The molecule has 0 saturated carbocycles. The maximum absolute atomic E-state index is 10.3. The predicted molar refractivity (Wildman–Crippen MR) is 92.9 cm³/mol. The summed E-state index contributed by atoms with van der Waals surface area (Å²) in [5, 5.41) is 13.8. The summed E-state index contributed by atoms with van der Waals surface area (Å²) in [5.41, 5.74) is 2.10. The van der Waals surface area contributed by atoms with Crippen molar-refractivity contribution in [3.8, 4) is 0 Å². The third-order valence-corrected chi connectivity index (χ3v) is 4.87. The van der Waals surface area contributed by atoms with Gasteiger partial charge in [-0.05, 0) is 57.4 Å². The van der Waals surface area contributed by atoms with E-state index >= 15 is 0 Å². The molecule has 2 rings (SSSR count). The number of anilines is 1. The molecule has 2 N–H and O–H groups in total. The fourth-order valence-corrected chi connectivity index (χ4v) is 3.43. The molecule has 1 heterocycles. The van der Waals surface area contributed by atoms with Gasteiger partial charge >= 0.3 is 0 Å². The van der Waals surface area contributed by atoms with Crippen LogP contribution in [0, 0.1) is 0 Å². The summed E-state index contributed by atoms with van der Waals surface area (Å²) in [6.07, 6.45) is 2.75. The molecule has 0 aromatic heterocycles. The molecule has 4 heteroatoms. The van der Waals surface area contributed by atoms with E-state index in [1.807, 2.05) is 6.92 Å². The van der Waals surface area contributed by atoms with E-state index in [1.165, 1.54) is 11.3 Å². The summed E-state index contributed by atoms with van der Waals surface area (Å²) < 4.78 is 1.11. The van der Waals surface area contributed by atoms with Crippen LogP contribution in [0.5, 0.6) is 0 Å². The molecule has 2 unspecified atom stereocenters. The number of halogens is 1. The summed E-state index contributed by atoms with van der Waals surface area (Å²) >= 11 is 3.60. The lowest BCUT2D eigenvalue weighted by atomic mass is 9.98. The van der Waals surface area contributed by atoms with Gasteiger partial charge in [-0.15, -0.1) is 0 Å². The normalized spacial score (nSPS) is 24.7. The van der Waals surface area contributed by atoms with Crippen LogP contribution in [-0.2, 0) is 0 Å². The number of hydrogen-bond donors (Lipinski definition) is 2. The quantitative estimate of drug-likeness (QED) is 0.861. The zero-order valence-electron chi connectivity index (χ0n) is 13.3. The van der Waals surface area contributed by atoms with E-state index in [0.717, 1.165) is 43.4 Å². The smallest absolute Gasteiger partial charge is 0.0637 e. The van der Waals surface area contributed by atoms with E-state index in [1.54, 1.807) is 0 Å². The molecule has 2 atom stereocenters. The van der Waals surface area contributed by atoms with Crippen LogP contribution in [0.15, 0.2) is 22.7 Å². The fourth-order valence-electron chi connectivity index (χ4n) is 3.08. The number of benzene rings is 1. The van der Waals surface area contributed by atoms with Crippen LogP contribution < -0.4 is 10.2 Å². The minimum absolute atomic E-state index is 0.335. The average molecular weight is 355 g/mol. The van der Waals surface area contributed by atoms with E-state index in [2.05, 4.69) is 58.2 Å². The van der Waals surface area contributed by atoms with Gasteiger partial charge in [-0.1, -0.05) is 28.9 Å². The third kappa shape index (κ3) is 4.44. The minimum atomic E-state index is -0.520. The van der Waals surface area contributed by atoms with Crippen molar-refractivity contribution in [2.24, 2.45) is 0 Å². The number of rotatable bonds is 4. The van der Waals surface area contributed by atoms with E-state index < -0.39 is 5.60 Å². The average Bonchev–Trinajstić information content (AvgIpc) is 2.60. The molecule has 1 aromatic rings. The van der Waals surface area contributed by atoms with Gasteiger partial charge in [0, 0.05) is 29.3 Å². The molecule has 1 aliphatic heterocycles. The lowest BCUT2D eigenvalue weighted by molar-refractivity contribution is 0.0481. The number of aliphatic hydroxyl groups is 1. The molecule has 0 aliphatic carbocycles. The Bertz CT molecular complexity index is 476. The molecule has 1 saturated heterocycles. The Kier molecular flexibility index (Phi) is 5.69. The van der Waals surface area contributed by atoms with E-state index in [9.17, 15) is 5.11 Å². The van der Waals surface area contributed by atoms with Crippen LogP contribution in [0.3, 0.4) is 0 Å². The first-order valence-electron chi connectivity index (χ1n) is 7.93. The Balaban J connectivity index is 2.26. The monoisotopic (exact) mass is 354 g/mol. The first kappa shape index (κ1) is 16.8. The topological polar surface area (TPSA) is 35.5 Å². The Labute approximate surface area is 136 Å².